The van der Waals surface area contributed by atoms with Crippen LogP contribution in [0.3, 0.4) is 0 Å². The standard InChI is InChI=1S/C6H7NS.Na/c7-5-1-3-6(8)4-2-5;/h1-4,8H,7H2;/q;+1. The minimum Gasteiger partial charge on any atom is -0.399 e. The van der Waals surface area contributed by atoms with Gasteiger partial charge in [0.15, 0.2) is 0 Å². The van der Waals surface area contributed by atoms with Gasteiger partial charge < -0.3 is 5.73 Å². The molecule has 9 heavy (non-hydrogen) atoms. The van der Waals surface area contributed by atoms with E-state index < -0.39 is 0 Å². The summed E-state index contributed by atoms with van der Waals surface area (Å²) in [5, 5.41) is 0. The van der Waals surface area contributed by atoms with E-state index >= 15 is 0 Å². The fourth-order valence-electron chi connectivity index (χ4n) is 0.474. The van der Waals surface area contributed by atoms with E-state index in [2.05, 4.69) is 12.6 Å². The summed E-state index contributed by atoms with van der Waals surface area (Å²) in [7, 11) is 0. The summed E-state index contributed by atoms with van der Waals surface area (Å²) in [6.45, 7) is 0. The maximum absolute atomic E-state index is 5.39. The van der Waals surface area contributed by atoms with E-state index in [0.717, 1.165) is 10.6 Å². The molecule has 0 aliphatic rings. The maximum atomic E-state index is 5.39. The Kier molecular flexibility index (Phi) is 4.40. The molecule has 0 aromatic heterocycles. The molecule has 0 aliphatic carbocycles. The van der Waals surface area contributed by atoms with Crippen molar-refractivity contribution >= 4 is 18.3 Å². The molecule has 0 heterocycles. The fraction of sp³-hybridized carbons (Fsp3) is 0. The second kappa shape index (κ2) is 4.23. The molecule has 1 rings (SSSR count). The quantitative estimate of drug-likeness (QED) is 0.263. The Morgan fingerprint density at radius 1 is 1.11 bits per heavy atom. The van der Waals surface area contributed by atoms with Gasteiger partial charge in [0.25, 0.3) is 0 Å². The van der Waals surface area contributed by atoms with Crippen LogP contribution >= 0.6 is 12.6 Å². The van der Waals surface area contributed by atoms with Crippen LogP contribution in [0.15, 0.2) is 29.2 Å². The molecule has 0 bridgehead atoms. The number of nitrogen functional groups attached to an aromatic ring is 1. The predicted octanol–water partition coefficient (Wildman–Crippen LogP) is -1.44. The molecule has 1 nitrogen and oxygen atoms in total. The molecule has 3 heteroatoms. The second-order valence-electron chi connectivity index (χ2n) is 1.59. The number of anilines is 1. The first-order valence-electron chi connectivity index (χ1n) is 2.33. The maximum Gasteiger partial charge on any atom is 1.00 e. The van der Waals surface area contributed by atoms with Crippen LogP contribution in [0.4, 0.5) is 5.69 Å². The van der Waals surface area contributed by atoms with E-state index in [1.807, 2.05) is 24.3 Å². The van der Waals surface area contributed by atoms with Crippen molar-refractivity contribution in [2.24, 2.45) is 0 Å². The van der Waals surface area contributed by atoms with Gasteiger partial charge in [-0.1, -0.05) is 0 Å². The third-order valence-electron chi connectivity index (χ3n) is 0.893. The number of nitrogens with two attached hydrogens (primary N) is 1. The molecule has 0 saturated carbocycles. The van der Waals surface area contributed by atoms with E-state index in [1.54, 1.807) is 0 Å². The van der Waals surface area contributed by atoms with Crippen molar-refractivity contribution in [2.75, 3.05) is 5.73 Å². The molecule has 0 saturated heterocycles. The number of rotatable bonds is 0. The SMILES string of the molecule is Nc1ccc(S)cc1.[Na+]. The topological polar surface area (TPSA) is 26.0 Å². The molecule has 1 aromatic carbocycles. The van der Waals surface area contributed by atoms with Gasteiger partial charge in [-0.15, -0.1) is 12.6 Å². The molecule has 0 radical (unpaired) electrons. The monoisotopic (exact) mass is 148 g/mol. The van der Waals surface area contributed by atoms with Gasteiger partial charge in [0.2, 0.25) is 0 Å². The summed E-state index contributed by atoms with van der Waals surface area (Å²) in [6, 6.07) is 7.36. The third kappa shape index (κ3) is 3.16. The van der Waals surface area contributed by atoms with Gasteiger partial charge >= 0.3 is 29.6 Å². The third-order valence-corrected chi connectivity index (χ3v) is 1.19. The van der Waals surface area contributed by atoms with Crippen LogP contribution in [0.1, 0.15) is 0 Å². The van der Waals surface area contributed by atoms with E-state index in [-0.39, 0.29) is 29.6 Å². The van der Waals surface area contributed by atoms with E-state index in [0.29, 0.717) is 0 Å². The Morgan fingerprint density at radius 2 is 1.56 bits per heavy atom. The van der Waals surface area contributed by atoms with Crippen molar-refractivity contribution < 1.29 is 29.6 Å². The van der Waals surface area contributed by atoms with Gasteiger partial charge in [-0.2, -0.15) is 0 Å². The van der Waals surface area contributed by atoms with Crippen LogP contribution < -0.4 is 35.3 Å². The first kappa shape index (κ1) is 9.37. The first-order valence-corrected chi connectivity index (χ1v) is 2.78. The van der Waals surface area contributed by atoms with Gasteiger partial charge in [-0.05, 0) is 24.3 Å². The Morgan fingerprint density at radius 3 is 1.89 bits per heavy atom. The smallest absolute Gasteiger partial charge is 0.399 e. The molecule has 0 spiro atoms. The average molecular weight is 148 g/mol. The summed E-state index contributed by atoms with van der Waals surface area (Å²) < 4.78 is 0. The predicted molar refractivity (Wildman–Crippen MR) is 38.1 cm³/mol. The van der Waals surface area contributed by atoms with Gasteiger partial charge in [-0.3, -0.25) is 0 Å². The van der Waals surface area contributed by atoms with Crippen molar-refractivity contribution in [1.82, 2.24) is 0 Å². The first-order chi connectivity index (χ1) is 3.79. The molecule has 0 aliphatic heterocycles. The molecule has 0 unspecified atom stereocenters. The van der Waals surface area contributed by atoms with Crippen molar-refractivity contribution in [2.45, 2.75) is 4.90 Å². The van der Waals surface area contributed by atoms with Crippen LogP contribution in [-0.2, 0) is 0 Å². The zero-order chi connectivity index (χ0) is 5.98. The minimum absolute atomic E-state index is 0. The van der Waals surface area contributed by atoms with Gasteiger partial charge in [0.1, 0.15) is 0 Å². The Hall–Kier alpha value is 0.370. The summed E-state index contributed by atoms with van der Waals surface area (Å²) in [4.78, 5) is 0.944. The molecule has 0 fully saturated rings. The second-order valence-corrected chi connectivity index (χ2v) is 2.11. The van der Waals surface area contributed by atoms with Crippen molar-refractivity contribution in [3.8, 4) is 0 Å². The number of hydrogen-bond acceptors (Lipinski definition) is 2. The van der Waals surface area contributed by atoms with Crippen LogP contribution in [0, 0.1) is 0 Å². The Bertz CT molecular complexity index is 152. The van der Waals surface area contributed by atoms with Gasteiger partial charge in [0, 0.05) is 10.6 Å². The summed E-state index contributed by atoms with van der Waals surface area (Å²) in [5.74, 6) is 0. The van der Waals surface area contributed by atoms with Crippen LogP contribution in [0.2, 0.25) is 0 Å². The zero-order valence-corrected chi connectivity index (χ0v) is 8.23. The number of hydrogen-bond donors (Lipinski definition) is 2. The average Bonchev–Trinajstić information content (AvgIpc) is 1.77. The Balaban J connectivity index is 0.000000640. The number of benzene rings is 1. The minimum atomic E-state index is 0. The van der Waals surface area contributed by atoms with E-state index in [4.69, 9.17) is 5.73 Å². The molecular weight excluding hydrogens is 141 g/mol. The van der Waals surface area contributed by atoms with Crippen molar-refractivity contribution in [1.29, 1.82) is 0 Å². The van der Waals surface area contributed by atoms with Crippen molar-refractivity contribution in [3.05, 3.63) is 24.3 Å². The molecular formula is C6H7NNaS+. The van der Waals surface area contributed by atoms with E-state index in [1.165, 1.54) is 0 Å². The molecule has 42 valence electrons. The Labute approximate surface area is 82.3 Å². The fourth-order valence-corrected chi connectivity index (χ4v) is 0.623. The molecule has 0 atom stereocenters. The summed E-state index contributed by atoms with van der Waals surface area (Å²) in [5.41, 5.74) is 6.17. The van der Waals surface area contributed by atoms with Crippen LogP contribution in [0.25, 0.3) is 0 Å². The normalized spacial score (nSPS) is 8.11. The van der Waals surface area contributed by atoms with Gasteiger partial charge in [-0.25, -0.2) is 0 Å². The van der Waals surface area contributed by atoms with E-state index in [9.17, 15) is 0 Å². The van der Waals surface area contributed by atoms with Crippen LogP contribution in [-0.4, -0.2) is 0 Å². The van der Waals surface area contributed by atoms with Crippen LogP contribution in [0.5, 0.6) is 0 Å². The molecule has 2 N–H and O–H groups in total. The zero-order valence-electron chi connectivity index (χ0n) is 5.33. The molecule has 0 amide bonds. The van der Waals surface area contributed by atoms with Gasteiger partial charge in [0.05, 0.1) is 0 Å². The number of thiol groups is 1. The van der Waals surface area contributed by atoms with Crippen molar-refractivity contribution in [3.63, 3.8) is 0 Å². The largest absolute Gasteiger partial charge is 1.00 e. The molecule has 1 aromatic rings. The summed E-state index contributed by atoms with van der Waals surface area (Å²) in [6.07, 6.45) is 0. The summed E-state index contributed by atoms with van der Waals surface area (Å²) >= 11 is 4.08.